The van der Waals surface area contributed by atoms with E-state index in [1.807, 2.05) is 32.0 Å². The summed E-state index contributed by atoms with van der Waals surface area (Å²) in [5, 5.41) is 4.82. The summed E-state index contributed by atoms with van der Waals surface area (Å²) >= 11 is 0. The molecule has 0 radical (unpaired) electrons. The molecular weight excluding hydrogens is 445 g/mol. The van der Waals surface area contributed by atoms with E-state index in [0.29, 0.717) is 11.3 Å². The lowest BCUT2D eigenvalue weighted by atomic mass is 9.89. The van der Waals surface area contributed by atoms with Gasteiger partial charge in [0.15, 0.2) is 0 Å². The van der Waals surface area contributed by atoms with Crippen LogP contribution in [0.2, 0.25) is 0 Å². The first-order valence-electron chi connectivity index (χ1n) is 12.3. The Labute approximate surface area is 206 Å². The number of anilines is 1. The summed E-state index contributed by atoms with van der Waals surface area (Å²) in [7, 11) is 0. The Morgan fingerprint density at radius 1 is 1.09 bits per heavy atom. The number of fused-ring (bicyclic) bond motifs is 1. The maximum absolute atomic E-state index is 14.4. The first kappa shape index (κ1) is 26.3. The van der Waals surface area contributed by atoms with Gasteiger partial charge in [-0.05, 0) is 54.1 Å². The van der Waals surface area contributed by atoms with Gasteiger partial charge in [0.2, 0.25) is 5.91 Å². The second-order valence-corrected chi connectivity index (χ2v) is 8.51. The number of aromatic nitrogens is 1. The van der Waals surface area contributed by atoms with E-state index in [9.17, 15) is 14.0 Å². The van der Waals surface area contributed by atoms with Crippen LogP contribution in [0.15, 0.2) is 54.9 Å². The Kier molecular flexibility index (Phi) is 9.73. The van der Waals surface area contributed by atoms with Crippen molar-refractivity contribution in [2.24, 2.45) is 11.7 Å². The highest BCUT2D eigenvalue weighted by Crippen LogP contribution is 2.26. The summed E-state index contributed by atoms with van der Waals surface area (Å²) < 4.78 is 19.8. The van der Waals surface area contributed by atoms with Gasteiger partial charge < -0.3 is 15.8 Å². The van der Waals surface area contributed by atoms with Crippen LogP contribution in [0, 0.1) is 11.7 Å². The fourth-order valence-electron chi connectivity index (χ4n) is 4.31. The number of pyridine rings is 1. The van der Waals surface area contributed by atoms with Gasteiger partial charge in [-0.1, -0.05) is 45.2 Å². The van der Waals surface area contributed by atoms with E-state index in [1.165, 1.54) is 6.07 Å². The number of halogens is 1. The molecule has 3 N–H and O–H groups in total. The van der Waals surface area contributed by atoms with E-state index in [2.05, 4.69) is 10.3 Å². The number of hydrogen-bond donors (Lipinski definition) is 2. The van der Waals surface area contributed by atoms with Gasteiger partial charge in [-0.15, -0.1) is 0 Å². The molecule has 1 aromatic heterocycles. The van der Waals surface area contributed by atoms with Crippen LogP contribution in [0.3, 0.4) is 0 Å². The number of ether oxygens (including phenoxy) is 1. The molecule has 1 saturated carbocycles. The lowest BCUT2D eigenvalue weighted by molar-refractivity contribution is -0.151. The molecule has 6 nitrogen and oxygen atoms in total. The Morgan fingerprint density at radius 2 is 1.86 bits per heavy atom. The third kappa shape index (κ3) is 6.85. The van der Waals surface area contributed by atoms with E-state index in [-0.39, 0.29) is 36.5 Å². The minimum Gasteiger partial charge on any atom is -0.460 e. The molecule has 186 valence electrons. The second-order valence-electron chi connectivity index (χ2n) is 8.51. The fraction of sp³-hybridized carbons (Fsp3) is 0.393. The van der Waals surface area contributed by atoms with Crippen LogP contribution in [-0.2, 0) is 20.9 Å². The zero-order valence-electron chi connectivity index (χ0n) is 20.4. The molecule has 1 heterocycles. The van der Waals surface area contributed by atoms with Crippen LogP contribution in [0.4, 0.5) is 10.1 Å². The molecule has 35 heavy (non-hydrogen) atoms. The normalized spacial score (nSPS) is 14.5. The van der Waals surface area contributed by atoms with Crippen LogP contribution in [0.25, 0.3) is 10.8 Å². The predicted octanol–water partition coefficient (Wildman–Crippen LogP) is 5.70. The van der Waals surface area contributed by atoms with Gasteiger partial charge in [-0.25, -0.2) is 4.39 Å². The fourth-order valence-corrected chi connectivity index (χ4v) is 4.31. The first-order valence-corrected chi connectivity index (χ1v) is 12.3. The van der Waals surface area contributed by atoms with E-state index >= 15 is 0 Å². The Balaban J connectivity index is 0.00000167. The summed E-state index contributed by atoms with van der Waals surface area (Å²) in [4.78, 5) is 29.4. The molecule has 1 aliphatic rings. The Hall–Kier alpha value is -3.32. The topological polar surface area (TPSA) is 94.3 Å². The van der Waals surface area contributed by atoms with E-state index in [4.69, 9.17) is 10.5 Å². The quantitative estimate of drug-likeness (QED) is 0.424. The molecule has 1 unspecified atom stereocenters. The predicted molar refractivity (Wildman–Crippen MR) is 136 cm³/mol. The van der Waals surface area contributed by atoms with Gasteiger partial charge in [-0.3, -0.25) is 14.6 Å². The smallest absolute Gasteiger partial charge is 0.309 e. The number of nitrogens with two attached hydrogens (primary N) is 1. The van der Waals surface area contributed by atoms with E-state index in [0.717, 1.165) is 42.9 Å². The molecule has 2 aromatic carbocycles. The van der Waals surface area contributed by atoms with Crippen LogP contribution < -0.4 is 11.1 Å². The lowest BCUT2D eigenvalue weighted by Crippen LogP contribution is -2.27. The second kappa shape index (κ2) is 13.0. The monoisotopic (exact) mass is 479 g/mol. The Morgan fingerprint density at radius 3 is 2.60 bits per heavy atom. The molecule has 4 rings (SSSR count). The minimum atomic E-state index is -0.675. The number of nitrogens with zero attached hydrogens (tertiary/aromatic N) is 1. The summed E-state index contributed by atoms with van der Waals surface area (Å²) in [5.74, 6) is -1.83. The van der Waals surface area contributed by atoms with Crippen molar-refractivity contribution in [3.05, 3.63) is 71.8 Å². The molecule has 0 spiro atoms. The summed E-state index contributed by atoms with van der Waals surface area (Å²) in [5.41, 5.74) is 7.36. The van der Waals surface area contributed by atoms with Gasteiger partial charge in [0.05, 0.1) is 11.8 Å². The summed E-state index contributed by atoms with van der Waals surface area (Å²) in [6.45, 7) is 3.89. The molecule has 0 aliphatic heterocycles. The molecular formula is C28H34FN3O3. The van der Waals surface area contributed by atoms with Gasteiger partial charge in [0.1, 0.15) is 12.4 Å². The molecule has 1 atom stereocenters. The number of carbonyl (C=O) groups excluding carboxylic acids is 2. The number of rotatable bonds is 7. The number of esters is 1. The first-order chi connectivity index (χ1) is 17.0. The average molecular weight is 480 g/mol. The van der Waals surface area contributed by atoms with Crippen molar-refractivity contribution >= 4 is 28.3 Å². The highest BCUT2D eigenvalue weighted by Gasteiger charge is 2.24. The SMILES string of the molecule is CC.NCC(C(=O)Nc1ccc2cnccc2c1)c1ccc(F)c(COC(=O)C2CCCCC2)c1. The average Bonchev–Trinajstić information content (AvgIpc) is 2.90. The van der Waals surface area contributed by atoms with Crippen molar-refractivity contribution in [2.75, 3.05) is 11.9 Å². The minimum absolute atomic E-state index is 0.0519. The zero-order valence-corrected chi connectivity index (χ0v) is 20.4. The number of hydrogen-bond acceptors (Lipinski definition) is 5. The highest BCUT2D eigenvalue weighted by atomic mass is 19.1. The lowest BCUT2D eigenvalue weighted by Gasteiger charge is -2.20. The van der Waals surface area contributed by atoms with Gasteiger partial charge in [0.25, 0.3) is 0 Å². The molecule has 0 saturated heterocycles. The molecule has 1 aliphatic carbocycles. The third-order valence-electron chi connectivity index (χ3n) is 6.24. The molecule has 0 bridgehead atoms. The van der Waals surface area contributed by atoms with Gasteiger partial charge in [-0.2, -0.15) is 0 Å². The van der Waals surface area contributed by atoms with Crippen molar-refractivity contribution in [3.8, 4) is 0 Å². The van der Waals surface area contributed by atoms with Crippen molar-refractivity contribution in [3.63, 3.8) is 0 Å². The third-order valence-corrected chi connectivity index (χ3v) is 6.24. The summed E-state index contributed by atoms with van der Waals surface area (Å²) in [6.07, 6.45) is 8.27. The number of nitrogens with one attached hydrogen (secondary N) is 1. The largest absolute Gasteiger partial charge is 0.460 e. The van der Waals surface area contributed by atoms with Crippen molar-refractivity contribution < 1.29 is 18.7 Å². The van der Waals surface area contributed by atoms with Crippen LogP contribution >= 0.6 is 0 Å². The molecule has 1 amide bonds. The Bertz CT molecular complexity index is 1150. The van der Waals surface area contributed by atoms with Crippen LogP contribution in [0.5, 0.6) is 0 Å². The van der Waals surface area contributed by atoms with E-state index in [1.54, 1.807) is 30.6 Å². The van der Waals surface area contributed by atoms with Gasteiger partial charge >= 0.3 is 5.97 Å². The standard InChI is InChI=1S/C26H28FN3O3.C2H6/c27-24-9-7-19(12-21(24)16-33-26(32)17-4-2-1-3-5-17)23(14-28)25(31)30-22-8-6-20-15-29-11-10-18(20)13-22;1-2/h6-13,15,17,23H,1-5,14,16,28H2,(H,30,31);1-2H3. The van der Waals surface area contributed by atoms with Crippen LogP contribution in [-0.4, -0.2) is 23.4 Å². The number of amides is 1. The van der Waals surface area contributed by atoms with Crippen LogP contribution in [0.1, 0.15) is 63.0 Å². The molecule has 7 heteroatoms. The number of carbonyl (C=O) groups is 2. The van der Waals surface area contributed by atoms with Crippen molar-refractivity contribution in [1.29, 1.82) is 0 Å². The highest BCUT2D eigenvalue weighted by molar-refractivity contribution is 5.98. The maximum atomic E-state index is 14.4. The number of benzene rings is 2. The van der Waals surface area contributed by atoms with Crippen molar-refractivity contribution in [2.45, 2.75) is 58.5 Å². The zero-order chi connectivity index (χ0) is 25.2. The molecule has 3 aromatic rings. The van der Waals surface area contributed by atoms with Gasteiger partial charge in [0, 0.05) is 35.6 Å². The van der Waals surface area contributed by atoms with Crippen molar-refractivity contribution in [1.82, 2.24) is 4.98 Å². The molecule has 1 fully saturated rings. The van der Waals surface area contributed by atoms with E-state index < -0.39 is 11.7 Å². The summed E-state index contributed by atoms with van der Waals surface area (Å²) in [6, 6.07) is 11.8. The maximum Gasteiger partial charge on any atom is 0.309 e.